The van der Waals surface area contributed by atoms with E-state index in [9.17, 15) is 4.79 Å². The van der Waals surface area contributed by atoms with E-state index in [0.717, 1.165) is 0 Å². The lowest BCUT2D eigenvalue weighted by atomic mass is 10.5. The van der Waals surface area contributed by atoms with E-state index in [4.69, 9.17) is 12.2 Å². The lowest BCUT2D eigenvalue weighted by Crippen LogP contribution is -2.34. The molecule has 7 heteroatoms. The van der Waals surface area contributed by atoms with Gasteiger partial charge >= 0.3 is 0 Å². The van der Waals surface area contributed by atoms with Gasteiger partial charge in [0.25, 0.3) is 0 Å². The Hall–Kier alpha value is -1.52. The predicted molar refractivity (Wildman–Crippen MR) is 74.1 cm³/mol. The van der Waals surface area contributed by atoms with Crippen molar-refractivity contribution in [1.29, 1.82) is 0 Å². The van der Waals surface area contributed by atoms with Crippen molar-refractivity contribution in [3.63, 3.8) is 0 Å². The number of amides is 1. The summed E-state index contributed by atoms with van der Waals surface area (Å²) in [4.78, 5) is 13.0. The molecule has 1 fully saturated rings. The summed E-state index contributed by atoms with van der Waals surface area (Å²) in [6.45, 7) is 5.73. The highest BCUT2D eigenvalue weighted by atomic mass is 32.2. The first-order valence-electron chi connectivity index (χ1n) is 4.78. The van der Waals surface area contributed by atoms with Gasteiger partial charge in [-0.25, -0.2) is 0 Å². The molecule has 0 unspecified atom stereocenters. The largest absolute Gasteiger partial charge is 0.290 e. The summed E-state index contributed by atoms with van der Waals surface area (Å²) in [5.41, 5.74) is 2.63. The predicted octanol–water partition coefficient (Wildman–Crippen LogP) is 0.464. The standard InChI is InChI=1S/C10H12N4OS2/c1-3-5-11-9(16)12-13-10-14(6-4-2)8(15)7-17-10/h4H,2,6-7H2,1H3,(H2,11,12,16). The smallest absolute Gasteiger partial charge is 0.239 e. The first-order valence-corrected chi connectivity index (χ1v) is 6.18. The topological polar surface area (TPSA) is 56.7 Å². The summed E-state index contributed by atoms with van der Waals surface area (Å²) in [6.07, 6.45) is 1.65. The van der Waals surface area contributed by atoms with Gasteiger partial charge in [0.1, 0.15) is 0 Å². The Morgan fingerprint density at radius 3 is 3.24 bits per heavy atom. The molecular weight excluding hydrogens is 256 g/mol. The molecule has 2 N–H and O–H groups in total. The molecule has 17 heavy (non-hydrogen) atoms. The fourth-order valence-corrected chi connectivity index (χ4v) is 1.98. The maximum Gasteiger partial charge on any atom is 0.239 e. The van der Waals surface area contributed by atoms with Crippen LogP contribution in [-0.2, 0) is 4.79 Å². The minimum Gasteiger partial charge on any atom is -0.290 e. The van der Waals surface area contributed by atoms with Crippen LogP contribution < -0.4 is 10.7 Å². The minimum atomic E-state index is 0.0164. The number of carbonyl (C=O) groups is 1. The molecule has 0 radical (unpaired) electrons. The van der Waals surface area contributed by atoms with Crippen molar-refractivity contribution in [3.8, 4) is 12.0 Å². The highest BCUT2D eigenvalue weighted by Gasteiger charge is 2.27. The van der Waals surface area contributed by atoms with Gasteiger partial charge in [0.05, 0.1) is 5.75 Å². The van der Waals surface area contributed by atoms with Crippen LogP contribution in [0.3, 0.4) is 0 Å². The molecule has 0 saturated carbocycles. The zero-order valence-electron chi connectivity index (χ0n) is 9.32. The van der Waals surface area contributed by atoms with Gasteiger partial charge < -0.3 is 0 Å². The molecule has 1 aliphatic rings. The van der Waals surface area contributed by atoms with Crippen molar-refractivity contribution in [3.05, 3.63) is 12.7 Å². The first kappa shape index (κ1) is 13.5. The molecule has 0 aliphatic carbocycles. The third-order valence-electron chi connectivity index (χ3n) is 1.72. The maximum absolute atomic E-state index is 11.5. The van der Waals surface area contributed by atoms with E-state index in [1.54, 1.807) is 17.9 Å². The molecule has 0 bridgehead atoms. The lowest BCUT2D eigenvalue weighted by molar-refractivity contribution is -0.123. The quantitative estimate of drug-likeness (QED) is 0.256. The monoisotopic (exact) mass is 268 g/mol. The number of amidine groups is 1. The minimum absolute atomic E-state index is 0.0164. The number of hydrogen-bond donors (Lipinski definition) is 2. The van der Waals surface area contributed by atoms with Crippen LogP contribution in [0, 0.1) is 12.0 Å². The molecule has 0 aromatic rings. The number of thioether (sulfide) groups is 1. The molecular formula is C10H12N4OS2. The van der Waals surface area contributed by atoms with E-state index in [2.05, 4.69) is 34.4 Å². The van der Waals surface area contributed by atoms with Crippen molar-refractivity contribution in [2.75, 3.05) is 12.3 Å². The summed E-state index contributed by atoms with van der Waals surface area (Å²) in [7, 11) is 0. The van der Waals surface area contributed by atoms with E-state index >= 15 is 0 Å². The first-order chi connectivity index (χ1) is 8.19. The van der Waals surface area contributed by atoms with Crippen LogP contribution >= 0.6 is 24.0 Å². The average Bonchev–Trinajstić information content (AvgIpc) is 2.66. The van der Waals surface area contributed by atoms with Crippen LogP contribution in [0.2, 0.25) is 0 Å². The Morgan fingerprint density at radius 2 is 2.59 bits per heavy atom. The van der Waals surface area contributed by atoms with Crippen LogP contribution in [0.4, 0.5) is 0 Å². The molecule has 90 valence electrons. The van der Waals surface area contributed by atoms with E-state index in [1.165, 1.54) is 11.8 Å². The molecule has 5 nitrogen and oxygen atoms in total. The van der Waals surface area contributed by atoms with Crippen molar-refractivity contribution < 1.29 is 4.79 Å². The maximum atomic E-state index is 11.5. The number of thiocarbonyl (C=S) groups is 1. The van der Waals surface area contributed by atoms with Crippen LogP contribution in [0.1, 0.15) is 6.92 Å². The average molecular weight is 268 g/mol. The van der Waals surface area contributed by atoms with Gasteiger partial charge in [-0.1, -0.05) is 23.8 Å². The van der Waals surface area contributed by atoms with Crippen molar-refractivity contribution in [2.24, 2.45) is 5.10 Å². The fraction of sp³-hybridized carbons (Fsp3) is 0.300. The Kier molecular flexibility index (Phi) is 5.52. The lowest BCUT2D eigenvalue weighted by Gasteiger charge is -2.12. The molecule has 0 aromatic heterocycles. The number of hydrazone groups is 1. The van der Waals surface area contributed by atoms with Crippen molar-refractivity contribution in [1.82, 2.24) is 15.6 Å². The van der Waals surface area contributed by atoms with Gasteiger partial charge in [-0.05, 0) is 19.1 Å². The van der Waals surface area contributed by atoms with E-state index < -0.39 is 0 Å². The third kappa shape index (κ3) is 4.09. The number of carbonyl (C=O) groups excluding carboxylic acids is 1. The van der Waals surface area contributed by atoms with Crippen molar-refractivity contribution in [2.45, 2.75) is 6.92 Å². The Labute approximate surface area is 110 Å². The van der Waals surface area contributed by atoms with E-state index in [1.807, 2.05) is 0 Å². The second-order valence-corrected chi connectivity index (χ2v) is 4.27. The molecule has 1 heterocycles. The van der Waals surface area contributed by atoms with Gasteiger partial charge in [-0.3, -0.25) is 20.4 Å². The fourth-order valence-electron chi connectivity index (χ4n) is 1.04. The normalized spacial score (nSPS) is 16.4. The van der Waals surface area contributed by atoms with E-state index in [-0.39, 0.29) is 5.91 Å². The summed E-state index contributed by atoms with van der Waals surface area (Å²) in [5, 5.41) is 7.56. The molecule has 1 rings (SSSR count). The summed E-state index contributed by atoms with van der Waals surface area (Å²) in [5.74, 6) is 3.05. The van der Waals surface area contributed by atoms with E-state index in [0.29, 0.717) is 22.6 Å². The Balaban J connectivity index is 2.58. The summed E-state index contributed by atoms with van der Waals surface area (Å²) >= 11 is 6.28. The van der Waals surface area contributed by atoms with Gasteiger partial charge in [0.2, 0.25) is 5.91 Å². The van der Waals surface area contributed by atoms with Gasteiger partial charge in [-0.15, -0.1) is 11.7 Å². The van der Waals surface area contributed by atoms with Gasteiger partial charge in [0.15, 0.2) is 10.3 Å². The number of nitrogens with zero attached hydrogens (tertiary/aromatic N) is 2. The highest BCUT2D eigenvalue weighted by Crippen LogP contribution is 2.18. The van der Waals surface area contributed by atoms with Crippen LogP contribution in [0.15, 0.2) is 17.8 Å². The number of hydrogen-bond acceptors (Lipinski definition) is 4. The zero-order chi connectivity index (χ0) is 12.7. The molecule has 1 aliphatic heterocycles. The third-order valence-corrected chi connectivity index (χ3v) is 2.88. The second-order valence-electron chi connectivity index (χ2n) is 2.92. The molecule has 0 atom stereocenters. The molecule has 1 amide bonds. The second kappa shape index (κ2) is 6.93. The van der Waals surface area contributed by atoms with Crippen LogP contribution in [0.25, 0.3) is 0 Å². The Bertz CT molecular complexity index is 422. The zero-order valence-corrected chi connectivity index (χ0v) is 11.0. The molecule has 0 spiro atoms. The molecule has 1 saturated heterocycles. The van der Waals surface area contributed by atoms with Crippen LogP contribution in [-0.4, -0.2) is 33.4 Å². The van der Waals surface area contributed by atoms with Gasteiger partial charge in [0, 0.05) is 12.6 Å². The van der Waals surface area contributed by atoms with Crippen LogP contribution in [0.5, 0.6) is 0 Å². The summed E-state index contributed by atoms with van der Waals surface area (Å²) in [6, 6.07) is 2.59. The summed E-state index contributed by atoms with van der Waals surface area (Å²) < 4.78 is 0. The van der Waals surface area contributed by atoms with Crippen molar-refractivity contribution >= 4 is 40.2 Å². The Morgan fingerprint density at radius 1 is 1.82 bits per heavy atom. The number of rotatable bonds is 3. The highest BCUT2D eigenvalue weighted by molar-refractivity contribution is 8.15. The number of nitrogens with one attached hydrogen (secondary N) is 2. The SMILES string of the molecule is C=CCN1C(=O)CSC1=NNC(=S)NC#CC. The van der Waals surface area contributed by atoms with Gasteiger partial charge in [-0.2, -0.15) is 0 Å². The molecule has 0 aromatic carbocycles.